The van der Waals surface area contributed by atoms with Crippen molar-refractivity contribution in [2.45, 2.75) is 46.1 Å². The monoisotopic (exact) mass is 291 g/mol. The Morgan fingerprint density at radius 1 is 1.25 bits per heavy atom. The third-order valence-electron chi connectivity index (χ3n) is 4.13. The summed E-state index contributed by atoms with van der Waals surface area (Å²) >= 11 is 5.45. The van der Waals surface area contributed by atoms with E-state index >= 15 is 0 Å². The number of hydrogen-bond donors (Lipinski definition) is 2. The number of aliphatic hydroxyl groups excluding tert-OH is 1. The molecule has 0 unspecified atom stereocenters. The van der Waals surface area contributed by atoms with Crippen LogP contribution in [-0.2, 0) is 0 Å². The van der Waals surface area contributed by atoms with Gasteiger partial charge in [-0.15, -0.1) is 0 Å². The molecule has 0 bridgehead atoms. The van der Waals surface area contributed by atoms with E-state index in [0.717, 1.165) is 36.4 Å². The summed E-state index contributed by atoms with van der Waals surface area (Å²) in [6.45, 7) is 7.55. The lowest BCUT2D eigenvalue weighted by Crippen LogP contribution is -2.45. The SMILES string of the molecule is CC1(C)C[C@H](O)C[C@](C)(CNC(=S)c2ccccc2)C1. The molecule has 1 aromatic carbocycles. The maximum absolute atomic E-state index is 10.1. The first kappa shape index (κ1) is 15.5. The molecular formula is C17H25NOS. The van der Waals surface area contributed by atoms with E-state index in [2.05, 4.69) is 26.1 Å². The first-order valence-corrected chi connectivity index (χ1v) is 7.72. The smallest absolute Gasteiger partial charge is 0.106 e. The average molecular weight is 291 g/mol. The molecule has 0 aliphatic heterocycles. The van der Waals surface area contributed by atoms with Gasteiger partial charge in [-0.25, -0.2) is 0 Å². The number of rotatable bonds is 3. The van der Waals surface area contributed by atoms with E-state index in [9.17, 15) is 5.11 Å². The molecule has 2 atom stereocenters. The predicted molar refractivity (Wildman–Crippen MR) is 87.9 cm³/mol. The molecule has 1 fully saturated rings. The number of hydrogen-bond acceptors (Lipinski definition) is 2. The zero-order chi connectivity index (χ0) is 14.8. The average Bonchev–Trinajstić information content (AvgIpc) is 2.34. The Morgan fingerprint density at radius 3 is 2.50 bits per heavy atom. The molecule has 2 N–H and O–H groups in total. The Balaban J connectivity index is 1.97. The summed E-state index contributed by atoms with van der Waals surface area (Å²) in [5, 5.41) is 13.5. The number of benzene rings is 1. The summed E-state index contributed by atoms with van der Waals surface area (Å²) in [5.74, 6) is 0. The van der Waals surface area contributed by atoms with E-state index in [1.54, 1.807) is 0 Å². The van der Waals surface area contributed by atoms with E-state index in [4.69, 9.17) is 12.2 Å². The molecule has 1 aliphatic rings. The second-order valence-corrected chi connectivity index (χ2v) is 7.67. The van der Waals surface area contributed by atoms with Gasteiger partial charge in [-0.2, -0.15) is 0 Å². The predicted octanol–water partition coefficient (Wildman–Crippen LogP) is 3.53. The molecule has 1 aromatic rings. The maximum atomic E-state index is 10.1. The largest absolute Gasteiger partial charge is 0.393 e. The van der Waals surface area contributed by atoms with Gasteiger partial charge in [-0.05, 0) is 30.1 Å². The van der Waals surface area contributed by atoms with Gasteiger partial charge in [0.15, 0.2) is 0 Å². The molecule has 1 saturated carbocycles. The second kappa shape index (κ2) is 5.82. The Hall–Kier alpha value is -0.930. The minimum atomic E-state index is -0.198. The van der Waals surface area contributed by atoms with E-state index in [1.165, 1.54) is 0 Å². The molecule has 2 nitrogen and oxygen atoms in total. The van der Waals surface area contributed by atoms with Crippen LogP contribution in [0.15, 0.2) is 30.3 Å². The minimum Gasteiger partial charge on any atom is -0.393 e. The molecule has 20 heavy (non-hydrogen) atoms. The normalized spacial score (nSPS) is 28.9. The van der Waals surface area contributed by atoms with Gasteiger partial charge in [-0.3, -0.25) is 0 Å². The highest BCUT2D eigenvalue weighted by atomic mass is 32.1. The van der Waals surface area contributed by atoms with Gasteiger partial charge in [0.1, 0.15) is 4.99 Å². The fourth-order valence-electron chi connectivity index (χ4n) is 3.70. The van der Waals surface area contributed by atoms with Gasteiger partial charge in [0, 0.05) is 12.1 Å². The maximum Gasteiger partial charge on any atom is 0.106 e. The third-order valence-corrected chi connectivity index (χ3v) is 4.51. The Morgan fingerprint density at radius 2 is 1.90 bits per heavy atom. The van der Waals surface area contributed by atoms with Gasteiger partial charge in [-0.1, -0.05) is 63.3 Å². The molecule has 0 heterocycles. The van der Waals surface area contributed by atoms with Crippen LogP contribution in [0.3, 0.4) is 0 Å². The second-order valence-electron chi connectivity index (χ2n) is 7.26. The molecule has 0 amide bonds. The van der Waals surface area contributed by atoms with Gasteiger partial charge < -0.3 is 10.4 Å². The van der Waals surface area contributed by atoms with Crippen LogP contribution in [0.25, 0.3) is 0 Å². The van der Waals surface area contributed by atoms with Crippen molar-refractivity contribution in [2.24, 2.45) is 10.8 Å². The van der Waals surface area contributed by atoms with Crippen LogP contribution in [-0.4, -0.2) is 22.7 Å². The fraction of sp³-hybridized carbons (Fsp3) is 0.588. The summed E-state index contributed by atoms with van der Waals surface area (Å²) in [4.78, 5) is 0.796. The molecule has 0 radical (unpaired) electrons. The molecule has 0 spiro atoms. The molecule has 110 valence electrons. The van der Waals surface area contributed by atoms with Crippen molar-refractivity contribution in [2.75, 3.05) is 6.54 Å². The third kappa shape index (κ3) is 4.03. The van der Waals surface area contributed by atoms with Crippen molar-refractivity contribution < 1.29 is 5.11 Å². The molecular weight excluding hydrogens is 266 g/mol. The van der Waals surface area contributed by atoms with E-state index < -0.39 is 0 Å². The van der Waals surface area contributed by atoms with Crippen LogP contribution in [0.1, 0.15) is 45.6 Å². The van der Waals surface area contributed by atoms with Crippen molar-refractivity contribution >= 4 is 17.2 Å². The summed E-state index contributed by atoms with van der Waals surface area (Å²) < 4.78 is 0. The molecule has 0 saturated heterocycles. The van der Waals surface area contributed by atoms with Crippen LogP contribution >= 0.6 is 12.2 Å². The van der Waals surface area contributed by atoms with Crippen molar-refractivity contribution in [3.63, 3.8) is 0 Å². The number of thiocarbonyl (C=S) groups is 1. The highest BCUT2D eigenvalue weighted by Gasteiger charge is 2.40. The van der Waals surface area contributed by atoms with Crippen LogP contribution in [0.2, 0.25) is 0 Å². The summed E-state index contributed by atoms with van der Waals surface area (Å²) in [7, 11) is 0. The lowest BCUT2D eigenvalue weighted by molar-refractivity contribution is -0.00679. The minimum absolute atomic E-state index is 0.0972. The zero-order valence-corrected chi connectivity index (χ0v) is 13.5. The van der Waals surface area contributed by atoms with Crippen molar-refractivity contribution in [3.8, 4) is 0 Å². The summed E-state index contributed by atoms with van der Waals surface area (Å²) in [6.07, 6.45) is 2.66. The van der Waals surface area contributed by atoms with Crippen LogP contribution < -0.4 is 5.32 Å². The first-order valence-electron chi connectivity index (χ1n) is 7.31. The lowest BCUT2D eigenvalue weighted by atomic mass is 9.63. The standard InChI is InChI=1S/C17H25NOS/c1-16(2)9-14(19)10-17(3,11-16)12-18-15(20)13-7-5-4-6-8-13/h4-8,14,19H,9-12H2,1-3H3,(H,18,20)/t14-,17-/m0/s1. The van der Waals surface area contributed by atoms with Crippen LogP contribution in [0.5, 0.6) is 0 Å². The summed E-state index contributed by atoms with van der Waals surface area (Å²) in [5.41, 5.74) is 1.35. The molecule has 3 heteroatoms. The van der Waals surface area contributed by atoms with Crippen molar-refractivity contribution in [1.29, 1.82) is 0 Å². The highest BCUT2D eigenvalue weighted by molar-refractivity contribution is 7.80. The topological polar surface area (TPSA) is 32.3 Å². The quantitative estimate of drug-likeness (QED) is 0.836. The Labute approximate surface area is 127 Å². The summed E-state index contributed by atoms with van der Waals surface area (Å²) in [6, 6.07) is 10.0. The molecule has 1 aliphatic carbocycles. The van der Waals surface area contributed by atoms with Gasteiger partial charge in [0.2, 0.25) is 0 Å². The number of aliphatic hydroxyl groups is 1. The highest BCUT2D eigenvalue weighted by Crippen LogP contribution is 2.45. The van der Waals surface area contributed by atoms with E-state index in [1.807, 2.05) is 30.3 Å². The van der Waals surface area contributed by atoms with Gasteiger partial charge in [0.05, 0.1) is 6.10 Å². The van der Waals surface area contributed by atoms with E-state index in [-0.39, 0.29) is 16.9 Å². The van der Waals surface area contributed by atoms with Crippen molar-refractivity contribution in [3.05, 3.63) is 35.9 Å². The van der Waals surface area contributed by atoms with Gasteiger partial charge >= 0.3 is 0 Å². The first-order chi connectivity index (χ1) is 9.30. The van der Waals surface area contributed by atoms with Crippen LogP contribution in [0.4, 0.5) is 0 Å². The Kier molecular flexibility index (Phi) is 4.50. The number of nitrogens with one attached hydrogen (secondary N) is 1. The van der Waals surface area contributed by atoms with Crippen LogP contribution in [0, 0.1) is 10.8 Å². The van der Waals surface area contributed by atoms with E-state index in [0.29, 0.717) is 0 Å². The Bertz CT molecular complexity index is 471. The molecule has 0 aromatic heterocycles. The van der Waals surface area contributed by atoms with Crippen molar-refractivity contribution in [1.82, 2.24) is 5.32 Å². The zero-order valence-electron chi connectivity index (χ0n) is 12.6. The van der Waals surface area contributed by atoms with Gasteiger partial charge in [0.25, 0.3) is 0 Å². The molecule has 2 rings (SSSR count). The fourth-order valence-corrected chi connectivity index (χ4v) is 3.91. The lowest BCUT2D eigenvalue weighted by Gasteiger charge is -2.45.